The van der Waals surface area contributed by atoms with Crippen LogP contribution in [0.15, 0.2) is 23.6 Å². The number of thiophene rings is 1. The Morgan fingerprint density at radius 3 is 2.94 bits per heavy atom. The van der Waals surface area contributed by atoms with Gasteiger partial charge in [0, 0.05) is 18.0 Å². The molecule has 0 spiro atoms. The summed E-state index contributed by atoms with van der Waals surface area (Å²) in [4.78, 5) is 14.3. The van der Waals surface area contributed by atoms with Crippen molar-refractivity contribution in [1.82, 2.24) is 10.2 Å². The average Bonchev–Trinajstić information content (AvgIpc) is 2.86. The lowest BCUT2D eigenvalue weighted by Gasteiger charge is -2.27. The Labute approximate surface area is 108 Å². The molecule has 0 aromatic carbocycles. The number of hydrogen-bond acceptors (Lipinski definition) is 5. The van der Waals surface area contributed by atoms with Gasteiger partial charge in [-0.2, -0.15) is 0 Å². The number of nitrogens with zero attached hydrogens (tertiary/aromatic N) is 3. The van der Waals surface area contributed by atoms with Crippen LogP contribution in [0.4, 0.5) is 5.82 Å². The van der Waals surface area contributed by atoms with Gasteiger partial charge >= 0.3 is 5.97 Å². The smallest absolute Gasteiger partial charge is 0.356 e. The molecule has 1 aliphatic heterocycles. The van der Waals surface area contributed by atoms with E-state index in [-0.39, 0.29) is 5.69 Å². The van der Waals surface area contributed by atoms with Crippen molar-refractivity contribution < 1.29 is 9.90 Å². The van der Waals surface area contributed by atoms with Crippen molar-refractivity contribution >= 4 is 23.1 Å². The highest BCUT2D eigenvalue weighted by atomic mass is 32.1. The fraction of sp³-hybridized carbons (Fsp3) is 0.250. The zero-order chi connectivity index (χ0) is 12.5. The van der Waals surface area contributed by atoms with Crippen molar-refractivity contribution in [1.29, 1.82) is 0 Å². The van der Waals surface area contributed by atoms with Crippen LogP contribution in [-0.2, 0) is 13.0 Å². The average molecular weight is 261 g/mol. The number of aromatic carboxylic acids is 1. The van der Waals surface area contributed by atoms with Crippen molar-refractivity contribution in [2.24, 2.45) is 0 Å². The third-order valence-electron chi connectivity index (χ3n) is 3.00. The standard InChI is InChI=1S/C12H11N3O2S/c16-12(17)9-1-2-11(14-13-9)15-5-3-10-8(7-15)4-6-18-10/h1-2,4,6H,3,5,7H2,(H,16,17). The maximum Gasteiger partial charge on any atom is 0.356 e. The highest BCUT2D eigenvalue weighted by molar-refractivity contribution is 7.10. The lowest BCUT2D eigenvalue weighted by Crippen LogP contribution is -2.30. The molecular formula is C12H11N3O2S. The Hall–Kier alpha value is -1.95. The summed E-state index contributed by atoms with van der Waals surface area (Å²) in [6.45, 7) is 1.72. The van der Waals surface area contributed by atoms with Crippen molar-refractivity contribution in [2.75, 3.05) is 11.4 Å². The molecule has 0 fully saturated rings. The van der Waals surface area contributed by atoms with Gasteiger partial charge in [0.25, 0.3) is 0 Å². The van der Waals surface area contributed by atoms with Gasteiger partial charge in [-0.1, -0.05) is 0 Å². The molecule has 1 aliphatic rings. The Morgan fingerprint density at radius 1 is 1.33 bits per heavy atom. The topological polar surface area (TPSA) is 66.3 Å². The first-order valence-corrected chi connectivity index (χ1v) is 6.49. The molecule has 3 heterocycles. The molecule has 0 amide bonds. The summed E-state index contributed by atoms with van der Waals surface area (Å²) in [5.41, 5.74) is 1.31. The fourth-order valence-corrected chi connectivity index (χ4v) is 2.94. The molecule has 2 aromatic heterocycles. The number of carboxylic acid groups (broad SMARTS) is 1. The molecule has 0 saturated carbocycles. The van der Waals surface area contributed by atoms with Crippen LogP contribution in [-0.4, -0.2) is 27.8 Å². The van der Waals surface area contributed by atoms with Gasteiger partial charge in [0.2, 0.25) is 0 Å². The predicted molar refractivity (Wildman–Crippen MR) is 68.1 cm³/mol. The molecule has 18 heavy (non-hydrogen) atoms. The first kappa shape index (κ1) is 11.2. The van der Waals surface area contributed by atoms with Crippen LogP contribution in [0.25, 0.3) is 0 Å². The number of aromatic nitrogens is 2. The van der Waals surface area contributed by atoms with Crippen molar-refractivity contribution in [3.63, 3.8) is 0 Å². The van der Waals surface area contributed by atoms with E-state index in [1.54, 1.807) is 17.4 Å². The van der Waals surface area contributed by atoms with Gasteiger partial charge in [-0.05, 0) is 35.6 Å². The second-order valence-corrected chi connectivity index (χ2v) is 5.12. The van der Waals surface area contributed by atoms with Gasteiger partial charge in [0.15, 0.2) is 11.5 Å². The normalized spacial score (nSPS) is 14.3. The van der Waals surface area contributed by atoms with Crippen LogP contribution in [0.5, 0.6) is 0 Å². The minimum absolute atomic E-state index is 0.0213. The summed E-state index contributed by atoms with van der Waals surface area (Å²) in [6, 6.07) is 5.34. The lowest BCUT2D eigenvalue weighted by molar-refractivity contribution is 0.0689. The van der Waals surface area contributed by atoms with E-state index in [9.17, 15) is 4.79 Å². The Kier molecular flexibility index (Phi) is 2.71. The van der Waals surface area contributed by atoms with E-state index < -0.39 is 5.97 Å². The number of carbonyl (C=O) groups is 1. The lowest BCUT2D eigenvalue weighted by atomic mass is 10.1. The van der Waals surface area contributed by atoms with Crippen LogP contribution in [0.3, 0.4) is 0 Å². The van der Waals surface area contributed by atoms with Crippen LogP contribution in [0.2, 0.25) is 0 Å². The summed E-state index contributed by atoms with van der Waals surface area (Å²) in [6.07, 6.45) is 1.01. The Balaban J connectivity index is 1.82. The number of hydrogen-bond donors (Lipinski definition) is 1. The SMILES string of the molecule is O=C(O)c1ccc(N2CCc3sccc3C2)nn1. The summed E-state index contributed by atoms with van der Waals surface area (Å²) in [5.74, 6) is -0.315. The van der Waals surface area contributed by atoms with Crippen molar-refractivity contribution in [2.45, 2.75) is 13.0 Å². The summed E-state index contributed by atoms with van der Waals surface area (Å²) in [7, 11) is 0. The number of fused-ring (bicyclic) bond motifs is 1. The van der Waals surface area contributed by atoms with Crippen molar-refractivity contribution in [3.8, 4) is 0 Å². The number of carboxylic acids is 1. The largest absolute Gasteiger partial charge is 0.476 e. The summed E-state index contributed by atoms with van der Waals surface area (Å²) >= 11 is 1.79. The molecule has 2 aromatic rings. The maximum atomic E-state index is 10.7. The Morgan fingerprint density at radius 2 is 2.22 bits per heavy atom. The molecule has 1 N–H and O–H groups in total. The summed E-state index contributed by atoms with van der Waals surface area (Å²) in [5, 5.41) is 18.6. The van der Waals surface area contributed by atoms with Crippen LogP contribution >= 0.6 is 11.3 Å². The van der Waals surface area contributed by atoms with Gasteiger partial charge in [-0.15, -0.1) is 21.5 Å². The molecule has 5 nitrogen and oxygen atoms in total. The third-order valence-corrected chi connectivity index (χ3v) is 4.02. The van der Waals surface area contributed by atoms with Gasteiger partial charge in [-0.3, -0.25) is 0 Å². The highest BCUT2D eigenvalue weighted by Crippen LogP contribution is 2.26. The molecule has 3 rings (SSSR count). The zero-order valence-electron chi connectivity index (χ0n) is 9.54. The first-order valence-electron chi connectivity index (χ1n) is 5.61. The minimum atomic E-state index is -1.05. The predicted octanol–water partition coefficient (Wildman–Crippen LogP) is 1.80. The Bertz CT molecular complexity index is 579. The van der Waals surface area contributed by atoms with Crippen LogP contribution < -0.4 is 4.90 Å². The van der Waals surface area contributed by atoms with E-state index in [1.807, 2.05) is 0 Å². The van der Waals surface area contributed by atoms with Crippen LogP contribution in [0.1, 0.15) is 20.9 Å². The van der Waals surface area contributed by atoms with Gasteiger partial charge in [0.05, 0.1) is 0 Å². The molecule has 0 aliphatic carbocycles. The van der Waals surface area contributed by atoms with E-state index in [4.69, 9.17) is 5.11 Å². The van der Waals surface area contributed by atoms with Gasteiger partial charge in [0.1, 0.15) is 0 Å². The van der Waals surface area contributed by atoms with E-state index in [0.29, 0.717) is 0 Å². The zero-order valence-corrected chi connectivity index (χ0v) is 10.4. The van der Waals surface area contributed by atoms with E-state index in [0.717, 1.165) is 25.3 Å². The highest BCUT2D eigenvalue weighted by Gasteiger charge is 2.18. The quantitative estimate of drug-likeness (QED) is 0.893. The molecule has 6 heteroatoms. The van der Waals surface area contributed by atoms with E-state index in [1.165, 1.54) is 16.5 Å². The molecular weight excluding hydrogens is 250 g/mol. The fourth-order valence-electron chi connectivity index (χ4n) is 2.05. The molecule has 0 radical (unpaired) electrons. The van der Waals surface area contributed by atoms with Crippen LogP contribution in [0, 0.1) is 0 Å². The second kappa shape index (κ2) is 4.38. The maximum absolute atomic E-state index is 10.7. The van der Waals surface area contributed by atoms with Gasteiger partial charge in [-0.25, -0.2) is 4.79 Å². The monoisotopic (exact) mass is 261 g/mol. The van der Waals surface area contributed by atoms with Crippen molar-refractivity contribution in [3.05, 3.63) is 39.7 Å². The van der Waals surface area contributed by atoms with E-state index >= 15 is 0 Å². The number of rotatable bonds is 2. The first-order chi connectivity index (χ1) is 8.74. The molecule has 92 valence electrons. The third kappa shape index (κ3) is 1.95. The minimum Gasteiger partial charge on any atom is -0.476 e. The van der Waals surface area contributed by atoms with Gasteiger partial charge < -0.3 is 10.0 Å². The number of anilines is 1. The molecule has 0 saturated heterocycles. The second-order valence-electron chi connectivity index (χ2n) is 4.12. The summed E-state index contributed by atoms with van der Waals surface area (Å²) < 4.78 is 0. The molecule has 0 unspecified atom stereocenters. The molecule has 0 bridgehead atoms. The van der Waals surface area contributed by atoms with E-state index in [2.05, 4.69) is 26.5 Å². The molecule has 0 atom stereocenters.